The van der Waals surface area contributed by atoms with Crippen LogP contribution in [0.5, 0.6) is 0 Å². The van der Waals surface area contributed by atoms with Gasteiger partial charge in [0.1, 0.15) is 0 Å². The second-order valence-corrected chi connectivity index (χ2v) is 4.05. The first kappa shape index (κ1) is 14.1. The molecule has 4 heteroatoms. The van der Waals surface area contributed by atoms with Crippen LogP contribution in [0.15, 0.2) is 60.7 Å². The summed E-state index contributed by atoms with van der Waals surface area (Å²) in [5.41, 5.74) is 1.36. The Morgan fingerprint density at radius 2 is 1.15 bits per heavy atom. The van der Waals surface area contributed by atoms with Crippen LogP contribution in [0.3, 0.4) is 0 Å². The van der Waals surface area contributed by atoms with Crippen molar-refractivity contribution in [2.24, 2.45) is 0 Å². The minimum absolute atomic E-state index is 0.200. The molecule has 0 aliphatic carbocycles. The summed E-state index contributed by atoms with van der Waals surface area (Å²) in [6, 6.07) is 13.0. The van der Waals surface area contributed by atoms with Crippen molar-refractivity contribution in [3.05, 3.63) is 71.8 Å². The molecular formula is C16H10F4. The normalized spacial score (nSPS) is 10.0. The highest BCUT2D eigenvalue weighted by molar-refractivity contribution is 5.83. The van der Waals surface area contributed by atoms with E-state index in [1.165, 1.54) is 18.2 Å². The predicted octanol–water partition coefficient (Wildman–Crippen LogP) is 5.83. The molecule has 0 aliphatic rings. The molecule has 0 nitrogen and oxygen atoms in total. The number of halogens is 4. The molecule has 0 unspecified atom stereocenters. The monoisotopic (exact) mass is 278 g/mol. The smallest absolute Gasteiger partial charge is 0.173 e. The topological polar surface area (TPSA) is 0 Å². The zero-order valence-corrected chi connectivity index (χ0v) is 10.3. The fourth-order valence-electron chi connectivity index (χ4n) is 2.00. The molecule has 0 N–H and O–H groups in total. The van der Waals surface area contributed by atoms with Gasteiger partial charge in [-0.1, -0.05) is 48.5 Å². The van der Waals surface area contributed by atoms with Crippen molar-refractivity contribution in [3.63, 3.8) is 0 Å². The van der Waals surface area contributed by atoms with Gasteiger partial charge in [0.05, 0.1) is 0 Å². The molecule has 0 saturated heterocycles. The average Bonchev–Trinajstić information content (AvgIpc) is 2.38. The summed E-state index contributed by atoms with van der Waals surface area (Å²) >= 11 is 0. The summed E-state index contributed by atoms with van der Waals surface area (Å²) < 4.78 is 50.0. The molecule has 2 aromatic rings. The number of rotatable bonds is 3. The van der Waals surface area contributed by atoms with Crippen molar-refractivity contribution in [3.8, 4) is 11.1 Å². The lowest BCUT2D eigenvalue weighted by Crippen LogP contribution is -1.88. The quantitative estimate of drug-likeness (QED) is 0.620. The van der Waals surface area contributed by atoms with E-state index in [4.69, 9.17) is 0 Å². The van der Waals surface area contributed by atoms with E-state index in [-0.39, 0.29) is 11.1 Å². The van der Waals surface area contributed by atoms with E-state index in [2.05, 4.69) is 0 Å². The fourth-order valence-corrected chi connectivity index (χ4v) is 2.00. The zero-order valence-electron chi connectivity index (χ0n) is 10.3. The maximum Gasteiger partial charge on any atom is 0.270 e. The Hall–Kier alpha value is -2.36. The summed E-state index contributed by atoms with van der Waals surface area (Å²) in [7, 11) is 0. The van der Waals surface area contributed by atoms with Crippen molar-refractivity contribution in [2.45, 2.75) is 0 Å². The lowest BCUT2D eigenvalue weighted by molar-refractivity contribution is 0.429. The Morgan fingerprint density at radius 3 is 1.60 bits per heavy atom. The maximum absolute atomic E-state index is 12.5. The number of hydrogen-bond acceptors (Lipinski definition) is 0. The summed E-state index contributed by atoms with van der Waals surface area (Å²) in [6.07, 6.45) is -2.39. The van der Waals surface area contributed by atoms with Gasteiger partial charge in [0.25, 0.3) is 12.2 Å². The molecule has 2 aromatic carbocycles. The van der Waals surface area contributed by atoms with E-state index in [9.17, 15) is 17.6 Å². The first-order valence-corrected chi connectivity index (χ1v) is 5.82. The van der Waals surface area contributed by atoms with Crippen LogP contribution in [-0.4, -0.2) is 0 Å². The SMILES string of the molecule is FC(F)=Cc1cccc(C=C(F)F)c1-c1ccccc1. The van der Waals surface area contributed by atoms with Crippen LogP contribution >= 0.6 is 0 Å². The summed E-state index contributed by atoms with van der Waals surface area (Å²) in [6.45, 7) is 0. The highest BCUT2D eigenvalue weighted by Crippen LogP contribution is 2.31. The molecule has 0 aliphatic heterocycles. The molecule has 0 spiro atoms. The van der Waals surface area contributed by atoms with Crippen molar-refractivity contribution in [1.82, 2.24) is 0 Å². The Labute approximate surface area is 113 Å². The Morgan fingerprint density at radius 1 is 0.650 bits per heavy atom. The van der Waals surface area contributed by atoms with E-state index < -0.39 is 12.2 Å². The second-order valence-electron chi connectivity index (χ2n) is 4.05. The van der Waals surface area contributed by atoms with E-state index in [0.29, 0.717) is 23.3 Å². The third kappa shape index (κ3) is 3.35. The van der Waals surface area contributed by atoms with Gasteiger partial charge in [-0.3, -0.25) is 0 Å². The van der Waals surface area contributed by atoms with Crippen molar-refractivity contribution >= 4 is 12.2 Å². The van der Waals surface area contributed by atoms with E-state index in [1.807, 2.05) is 0 Å². The van der Waals surface area contributed by atoms with Gasteiger partial charge in [0.2, 0.25) is 0 Å². The van der Waals surface area contributed by atoms with Gasteiger partial charge < -0.3 is 0 Å². The van der Waals surface area contributed by atoms with Crippen LogP contribution in [0.4, 0.5) is 17.6 Å². The lowest BCUT2D eigenvalue weighted by atomic mass is 9.94. The molecule has 0 aromatic heterocycles. The highest BCUT2D eigenvalue weighted by atomic mass is 19.3. The summed E-state index contributed by atoms with van der Waals surface area (Å²) in [5, 5.41) is 0. The van der Waals surface area contributed by atoms with Crippen LogP contribution in [-0.2, 0) is 0 Å². The predicted molar refractivity (Wildman–Crippen MR) is 72.3 cm³/mol. The Kier molecular flexibility index (Phi) is 4.35. The van der Waals surface area contributed by atoms with Crippen LogP contribution in [0.25, 0.3) is 23.3 Å². The Bertz CT molecular complexity index is 613. The van der Waals surface area contributed by atoms with E-state index in [0.717, 1.165) is 0 Å². The standard InChI is InChI=1S/C16H10F4/c17-14(18)9-12-7-4-8-13(10-15(19)20)16(12)11-5-2-1-3-6-11/h1-10H. The molecule has 2 rings (SSSR count). The fraction of sp³-hybridized carbons (Fsp3) is 0. The minimum Gasteiger partial charge on any atom is -0.173 e. The first-order valence-electron chi connectivity index (χ1n) is 5.82. The molecule has 0 radical (unpaired) electrons. The molecule has 0 heterocycles. The first-order chi connectivity index (χ1) is 9.58. The maximum atomic E-state index is 12.5. The van der Waals surface area contributed by atoms with Gasteiger partial charge in [0.15, 0.2) is 0 Å². The lowest BCUT2D eigenvalue weighted by Gasteiger charge is -2.10. The van der Waals surface area contributed by atoms with Crippen molar-refractivity contribution in [1.29, 1.82) is 0 Å². The van der Waals surface area contributed by atoms with Crippen molar-refractivity contribution in [2.75, 3.05) is 0 Å². The van der Waals surface area contributed by atoms with Gasteiger partial charge in [0, 0.05) is 12.2 Å². The molecule has 0 atom stereocenters. The molecule has 0 bridgehead atoms. The van der Waals surface area contributed by atoms with E-state index >= 15 is 0 Å². The van der Waals surface area contributed by atoms with Crippen LogP contribution in [0.1, 0.15) is 11.1 Å². The zero-order chi connectivity index (χ0) is 14.5. The molecule has 0 saturated carbocycles. The summed E-state index contributed by atoms with van der Waals surface area (Å²) in [4.78, 5) is 0. The van der Waals surface area contributed by atoms with Crippen LogP contribution in [0.2, 0.25) is 0 Å². The third-order valence-corrected chi connectivity index (χ3v) is 2.72. The molecule has 20 heavy (non-hydrogen) atoms. The Balaban J connectivity index is 2.72. The summed E-state index contributed by atoms with van der Waals surface area (Å²) in [5.74, 6) is 0. The molecule has 0 amide bonds. The van der Waals surface area contributed by atoms with Gasteiger partial charge in [-0.25, -0.2) is 0 Å². The average molecular weight is 278 g/mol. The second kappa shape index (κ2) is 6.19. The van der Waals surface area contributed by atoms with Gasteiger partial charge in [-0.15, -0.1) is 0 Å². The van der Waals surface area contributed by atoms with Gasteiger partial charge >= 0.3 is 0 Å². The largest absolute Gasteiger partial charge is 0.270 e. The van der Waals surface area contributed by atoms with Crippen molar-refractivity contribution < 1.29 is 17.6 Å². The molecule has 0 fully saturated rings. The number of benzene rings is 2. The van der Waals surface area contributed by atoms with Crippen LogP contribution in [0, 0.1) is 0 Å². The third-order valence-electron chi connectivity index (χ3n) is 2.72. The van der Waals surface area contributed by atoms with Gasteiger partial charge in [-0.05, 0) is 22.3 Å². The minimum atomic E-state index is -1.87. The molecule has 102 valence electrons. The van der Waals surface area contributed by atoms with Crippen LogP contribution < -0.4 is 0 Å². The highest BCUT2D eigenvalue weighted by Gasteiger charge is 2.10. The number of hydrogen-bond donors (Lipinski definition) is 0. The van der Waals surface area contributed by atoms with Gasteiger partial charge in [-0.2, -0.15) is 17.6 Å². The molecular weight excluding hydrogens is 268 g/mol. The van der Waals surface area contributed by atoms with E-state index in [1.54, 1.807) is 30.3 Å².